The average molecular weight is 263 g/mol. The Hall–Kier alpha value is -1.86. The molecule has 0 aliphatic heterocycles. The molecule has 0 spiro atoms. The summed E-state index contributed by atoms with van der Waals surface area (Å²) < 4.78 is 55.5. The van der Waals surface area contributed by atoms with Crippen LogP contribution in [-0.2, 0) is 5.92 Å². The maximum atomic E-state index is 13.1. The van der Waals surface area contributed by atoms with E-state index in [0.29, 0.717) is 6.61 Å². The van der Waals surface area contributed by atoms with E-state index in [1.165, 1.54) is 12.1 Å². The normalized spacial score (nSPS) is 12.3. The number of hydrogen-bond acceptors (Lipinski definition) is 3. The first-order chi connectivity index (χ1) is 8.45. The van der Waals surface area contributed by atoms with E-state index in [1.54, 1.807) is 6.92 Å². The molecule has 0 radical (unpaired) electrons. The third-order valence-corrected chi connectivity index (χ3v) is 2.20. The van der Waals surface area contributed by atoms with Crippen molar-refractivity contribution in [2.75, 3.05) is 6.61 Å². The Kier molecular flexibility index (Phi) is 3.10. The summed E-state index contributed by atoms with van der Waals surface area (Å²) in [7, 11) is 0. The standard InChI is InChI=1S/C10H9F4N3O/c1-2-18-6-4-3-5-7(16-6)17-9(15-5)10(13,14)8(11)12/h3-4,8H,2H2,1H3,(H,15,16,17). The van der Waals surface area contributed by atoms with Crippen LogP contribution in [0.5, 0.6) is 5.88 Å². The highest BCUT2D eigenvalue weighted by atomic mass is 19.3. The van der Waals surface area contributed by atoms with Gasteiger partial charge in [-0.15, -0.1) is 0 Å². The molecule has 0 amide bonds. The lowest BCUT2D eigenvalue weighted by molar-refractivity contribution is -0.140. The van der Waals surface area contributed by atoms with Gasteiger partial charge in [-0.1, -0.05) is 0 Å². The highest BCUT2D eigenvalue weighted by Gasteiger charge is 2.46. The number of ether oxygens (including phenoxy) is 1. The van der Waals surface area contributed by atoms with Crippen molar-refractivity contribution in [1.82, 2.24) is 15.0 Å². The highest BCUT2D eigenvalue weighted by molar-refractivity contribution is 5.71. The first kappa shape index (κ1) is 12.6. The molecule has 0 aliphatic carbocycles. The van der Waals surface area contributed by atoms with Gasteiger partial charge in [0.15, 0.2) is 11.5 Å². The van der Waals surface area contributed by atoms with Gasteiger partial charge in [-0.05, 0) is 13.0 Å². The van der Waals surface area contributed by atoms with Crippen molar-refractivity contribution in [2.24, 2.45) is 0 Å². The zero-order valence-corrected chi connectivity index (χ0v) is 9.25. The number of nitrogens with one attached hydrogen (secondary N) is 1. The molecule has 98 valence electrons. The quantitative estimate of drug-likeness (QED) is 0.863. The van der Waals surface area contributed by atoms with Gasteiger partial charge in [-0.2, -0.15) is 13.8 Å². The fourth-order valence-corrected chi connectivity index (χ4v) is 1.36. The van der Waals surface area contributed by atoms with Gasteiger partial charge in [0.05, 0.1) is 12.1 Å². The molecule has 2 aromatic rings. The van der Waals surface area contributed by atoms with E-state index in [-0.39, 0.29) is 17.0 Å². The minimum Gasteiger partial charge on any atom is -0.478 e. The lowest BCUT2D eigenvalue weighted by Gasteiger charge is -2.10. The molecule has 0 unspecified atom stereocenters. The summed E-state index contributed by atoms with van der Waals surface area (Å²) in [6, 6.07) is 2.83. The number of nitrogens with zero attached hydrogens (tertiary/aromatic N) is 2. The summed E-state index contributed by atoms with van der Waals surface area (Å²) >= 11 is 0. The highest BCUT2D eigenvalue weighted by Crippen LogP contribution is 2.33. The lowest BCUT2D eigenvalue weighted by Crippen LogP contribution is -2.25. The van der Waals surface area contributed by atoms with Gasteiger partial charge in [-0.25, -0.2) is 13.8 Å². The second-order valence-electron chi connectivity index (χ2n) is 3.46. The van der Waals surface area contributed by atoms with Crippen LogP contribution in [0.15, 0.2) is 12.1 Å². The topological polar surface area (TPSA) is 50.8 Å². The molecule has 0 fully saturated rings. The molecule has 0 aliphatic rings. The van der Waals surface area contributed by atoms with Gasteiger partial charge in [0, 0.05) is 6.07 Å². The van der Waals surface area contributed by atoms with Crippen LogP contribution in [0.4, 0.5) is 17.6 Å². The second kappa shape index (κ2) is 4.43. The molecule has 2 aromatic heterocycles. The molecular formula is C10H9F4N3O. The molecule has 18 heavy (non-hydrogen) atoms. The molecule has 0 aromatic carbocycles. The zero-order chi connectivity index (χ0) is 13.3. The van der Waals surface area contributed by atoms with Crippen LogP contribution in [0, 0.1) is 0 Å². The number of aromatic amines is 1. The second-order valence-corrected chi connectivity index (χ2v) is 3.46. The van der Waals surface area contributed by atoms with Crippen LogP contribution in [0.25, 0.3) is 11.2 Å². The number of imidazole rings is 1. The number of rotatable bonds is 4. The molecule has 4 nitrogen and oxygen atoms in total. The number of fused-ring (bicyclic) bond motifs is 1. The van der Waals surface area contributed by atoms with Crippen LogP contribution < -0.4 is 4.74 Å². The zero-order valence-electron chi connectivity index (χ0n) is 9.25. The lowest BCUT2D eigenvalue weighted by atomic mass is 10.3. The van der Waals surface area contributed by atoms with Gasteiger partial charge in [0.25, 0.3) is 0 Å². The van der Waals surface area contributed by atoms with Crippen molar-refractivity contribution in [2.45, 2.75) is 19.3 Å². The van der Waals surface area contributed by atoms with Crippen LogP contribution in [0.2, 0.25) is 0 Å². The van der Waals surface area contributed by atoms with Crippen LogP contribution in [0.3, 0.4) is 0 Å². The maximum absolute atomic E-state index is 13.1. The number of pyridine rings is 1. The fraction of sp³-hybridized carbons (Fsp3) is 0.400. The Morgan fingerprint density at radius 3 is 2.67 bits per heavy atom. The van der Waals surface area contributed by atoms with E-state index in [0.717, 1.165) is 0 Å². The Morgan fingerprint density at radius 2 is 2.06 bits per heavy atom. The van der Waals surface area contributed by atoms with Crippen molar-refractivity contribution in [3.63, 3.8) is 0 Å². The minimum absolute atomic E-state index is 0.0868. The predicted molar refractivity (Wildman–Crippen MR) is 55.0 cm³/mol. The number of aromatic nitrogens is 3. The average Bonchev–Trinajstić information content (AvgIpc) is 2.72. The van der Waals surface area contributed by atoms with E-state index < -0.39 is 18.2 Å². The minimum atomic E-state index is -4.33. The molecule has 8 heteroatoms. The largest absolute Gasteiger partial charge is 0.478 e. The van der Waals surface area contributed by atoms with Crippen molar-refractivity contribution in [3.8, 4) is 5.88 Å². The molecule has 0 saturated carbocycles. The number of H-pyrrole nitrogens is 1. The first-order valence-corrected chi connectivity index (χ1v) is 5.11. The Bertz CT molecular complexity index is 555. The molecule has 0 saturated heterocycles. The summed E-state index contributed by atoms with van der Waals surface area (Å²) in [6.45, 7) is 2.08. The van der Waals surface area contributed by atoms with Gasteiger partial charge in [-0.3, -0.25) is 0 Å². The summed E-state index contributed by atoms with van der Waals surface area (Å²) in [6.07, 6.45) is -3.83. The number of alkyl halides is 4. The summed E-state index contributed by atoms with van der Waals surface area (Å²) in [4.78, 5) is 9.31. The molecular weight excluding hydrogens is 254 g/mol. The third kappa shape index (κ3) is 2.09. The monoisotopic (exact) mass is 263 g/mol. The molecule has 0 bridgehead atoms. The number of halogens is 4. The van der Waals surface area contributed by atoms with Crippen molar-refractivity contribution in [3.05, 3.63) is 18.0 Å². The molecule has 2 rings (SSSR count). The first-order valence-electron chi connectivity index (χ1n) is 5.11. The van der Waals surface area contributed by atoms with Crippen LogP contribution in [-0.4, -0.2) is 28.0 Å². The molecule has 1 N–H and O–H groups in total. The Balaban J connectivity index is 2.44. The van der Waals surface area contributed by atoms with Gasteiger partial charge >= 0.3 is 12.3 Å². The van der Waals surface area contributed by atoms with Gasteiger partial charge < -0.3 is 9.72 Å². The fourth-order valence-electron chi connectivity index (χ4n) is 1.36. The summed E-state index contributed by atoms with van der Waals surface area (Å²) in [5.41, 5.74) is 0.0602. The predicted octanol–water partition coefficient (Wildman–Crippen LogP) is 2.71. The van der Waals surface area contributed by atoms with E-state index in [2.05, 4.69) is 15.0 Å². The van der Waals surface area contributed by atoms with Crippen molar-refractivity contribution < 1.29 is 22.3 Å². The SMILES string of the molecule is CCOc1ccc2[nH]c(C(F)(F)C(F)F)nc2n1. The van der Waals surface area contributed by atoms with E-state index in [9.17, 15) is 17.6 Å². The summed E-state index contributed by atoms with van der Waals surface area (Å²) in [5.74, 6) is -5.23. The molecule has 0 atom stereocenters. The van der Waals surface area contributed by atoms with Crippen LogP contribution in [0.1, 0.15) is 12.7 Å². The number of hydrogen-bond donors (Lipinski definition) is 1. The van der Waals surface area contributed by atoms with Crippen molar-refractivity contribution in [1.29, 1.82) is 0 Å². The summed E-state index contributed by atoms with van der Waals surface area (Å²) in [5, 5.41) is 0. The Labute approximate surface area is 99.0 Å². The smallest absolute Gasteiger partial charge is 0.363 e. The Morgan fingerprint density at radius 1 is 1.33 bits per heavy atom. The maximum Gasteiger partial charge on any atom is 0.363 e. The third-order valence-electron chi connectivity index (χ3n) is 2.20. The van der Waals surface area contributed by atoms with Gasteiger partial charge in [0.2, 0.25) is 5.88 Å². The van der Waals surface area contributed by atoms with E-state index in [4.69, 9.17) is 4.74 Å². The van der Waals surface area contributed by atoms with Crippen LogP contribution >= 0.6 is 0 Å². The van der Waals surface area contributed by atoms with E-state index in [1.807, 2.05) is 0 Å². The van der Waals surface area contributed by atoms with E-state index >= 15 is 0 Å². The van der Waals surface area contributed by atoms with Crippen molar-refractivity contribution >= 4 is 11.2 Å². The molecule has 2 heterocycles. The van der Waals surface area contributed by atoms with Gasteiger partial charge in [0.1, 0.15) is 0 Å².